The number of benzene rings is 2. The maximum absolute atomic E-state index is 14.9. The van der Waals surface area contributed by atoms with E-state index in [-0.39, 0.29) is 23.7 Å². The first kappa shape index (κ1) is 28.3. The highest BCUT2D eigenvalue weighted by molar-refractivity contribution is 5.68. The molecule has 1 aliphatic carbocycles. The number of nitrogens with zero attached hydrogens (tertiary/aromatic N) is 4. The van der Waals surface area contributed by atoms with Gasteiger partial charge in [0.15, 0.2) is 0 Å². The van der Waals surface area contributed by atoms with Gasteiger partial charge in [0.1, 0.15) is 11.4 Å². The SMILES string of the molecule is CC(C)(C)OC(=O)N[C@H]1CCC[C@@H]1[C@](Cn1ccnn1)(c1cccc(F)c1)C1CCN(Cc2ccccc2)CC1. The van der Waals surface area contributed by atoms with Crippen LogP contribution in [0.3, 0.4) is 0 Å². The molecule has 1 saturated heterocycles. The van der Waals surface area contributed by atoms with E-state index < -0.39 is 17.1 Å². The third kappa shape index (κ3) is 6.54. The molecule has 2 aromatic carbocycles. The molecule has 0 spiro atoms. The summed E-state index contributed by atoms with van der Waals surface area (Å²) in [5.41, 5.74) is 1.28. The summed E-state index contributed by atoms with van der Waals surface area (Å²) in [5, 5.41) is 11.7. The van der Waals surface area contributed by atoms with Crippen molar-refractivity contribution in [1.29, 1.82) is 0 Å². The van der Waals surface area contributed by atoms with Crippen LogP contribution in [-0.4, -0.2) is 50.7 Å². The van der Waals surface area contributed by atoms with E-state index >= 15 is 0 Å². The highest BCUT2D eigenvalue weighted by Gasteiger charge is 2.52. The van der Waals surface area contributed by atoms with Crippen LogP contribution in [0.4, 0.5) is 9.18 Å². The molecule has 1 amide bonds. The molecule has 1 aromatic heterocycles. The van der Waals surface area contributed by atoms with Crippen LogP contribution in [0.15, 0.2) is 67.0 Å². The van der Waals surface area contributed by atoms with Crippen LogP contribution in [0.25, 0.3) is 0 Å². The Hall–Kier alpha value is -3.26. The third-order valence-electron chi connectivity index (χ3n) is 8.70. The number of hydrogen-bond acceptors (Lipinski definition) is 5. The largest absolute Gasteiger partial charge is 0.444 e. The second-order valence-corrected chi connectivity index (χ2v) is 12.5. The van der Waals surface area contributed by atoms with E-state index in [2.05, 4.69) is 56.9 Å². The van der Waals surface area contributed by atoms with Gasteiger partial charge in [-0.3, -0.25) is 9.58 Å². The lowest BCUT2D eigenvalue weighted by Gasteiger charge is -2.50. The lowest BCUT2D eigenvalue weighted by Crippen LogP contribution is -2.55. The Morgan fingerprint density at radius 2 is 1.82 bits per heavy atom. The molecule has 214 valence electrons. The molecule has 1 aliphatic heterocycles. The third-order valence-corrected chi connectivity index (χ3v) is 8.70. The van der Waals surface area contributed by atoms with Crippen molar-refractivity contribution in [3.05, 3.63) is 83.9 Å². The molecule has 7 nitrogen and oxygen atoms in total. The monoisotopic (exact) mass is 547 g/mol. The van der Waals surface area contributed by atoms with Crippen molar-refractivity contribution in [3.63, 3.8) is 0 Å². The summed E-state index contributed by atoms with van der Waals surface area (Å²) in [6, 6.07) is 17.6. The fraction of sp³-hybridized carbons (Fsp3) is 0.531. The number of hydrogen-bond donors (Lipinski definition) is 1. The number of carbonyl (C=O) groups is 1. The Balaban J connectivity index is 1.49. The van der Waals surface area contributed by atoms with Gasteiger partial charge in [0.2, 0.25) is 0 Å². The lowest BCUT2D eigenvalue weighted by atomic mass is 9.58. The Morgan fingerprint density at radius 3 is 2.50 bits per heavy atom. The topological polar surface area (TPSA) is 72.3 Å². The zero-order chi connectivity index (χ0) is 28.2. The van der Waals surface area contributed by atoms with Gasteiger partial charge in [-0.2, -0.15) is 0 Å². The molecule has 40 heavy (non-hydrogen) atoms. The van der Waals surface area contributed by atoms with E-state index in [1.165, 1.54) is 11.6 Å². The molecule has 3 aromatic rings. The second kappa shape index (κ2) is 12.1. The Bertz CT molecular complexity index is 1240. The van der Waals surface area contributed by atoms with Gasteiger partial charge in [-0.1, -0.05) is 54.1 Å². The summed E-state index contributed by atoms with van der Waals surface area (Å²) in [6.45, 7) is 9.07. The number of ether oxygens (including phenoxy) is 1. The van der Waals surface area contributed by atoms with Gasteiger partial charge in [0.25, 0.3) is 0 Å². The molecule has 5 rings (SSSR count). The van der Waals surface area contributed by atoms with E-state index in [1.54, 1.807) is 12.3 Å². The first-order valence-corrected chi connectivity index (χ1v) is 14.6. The molecule has 2 fully saturated rings. The van der Waals surface area contributed by atoms with E-state index in [9.17, 15) is 9.18 Å². The van der Waals surface area contributed by atoms with Crippen molar-refractivity contribution in [3.8, 4) is 0 Å². The van der Waals surface area contributed by atoms with E-state index in [1.807, 2.05) is 37.7 Å². The number of aromatic nitrogens is 3. The number of nitrogens with one attached hydrogen (secondary N) is 1. The molecule has 2 aliphatic rings. The summed E-state index contributed by atoms with van der Waals surface area (Å²) in [7, 11) is 0. The predicted molar refractivity (Wildman–Crippen MR) is 153 cm³/mol. The minimum Gasteiger partial charge on any atom is -0.444 e. The minimum atomic E-state index is -0.579. The van der Waals surface area contributed by atoms with Gasteiger partial charge in [0, 0.05) is 24.2 Å². The van der Waals surface area contributed by atoms with Gasteiger partial charge < -0.3 is 10.1 Å². The molecule has 0 unspecified atom stereocenters. The van der Waals surface area contributed by atoms with Crippen LogP contribution in [0, 0.1) is 17.7 Å². The highest BCUT2D eigenvalue weighted by atomic mass is 19.1. The van der Waals surface area contributed by atoms with E-state index in [4.69, 9.17) is 4.74 Å². The summed E-state index contributed by atoms with van der Waals surface area (Å²) in [5.74, 6) is 0.130. The average molecular weight is 548 g/mol. The van der Waals surface area contributed by atoms with Gasteiger partial charge in [-0.15, -0.1) is 5.10 Å². The molecule has 0 bridgehead atoms. The quantitative estimate of drug-likeness (QED) is 0.377. The molecule has 1 saturated carbocycles. The van der Waals surface area contributed by atoms with Crippen LogP contribution < -0.4 is 5.32 Å². The molecule has 8 heteroatoms. The van der Waals surface area contributed by atoms with Gasteiger partial charge in [0.05, 0.1) is 12.7 Å². The van der Waals surface area contributed by atoms with E-state index in [0.29, 0.717) is 6.54 Å². The van der Waals surface area contributed by atoms with Crippen LogP contribution >= 0.6 is 0 Å². The standard InChI is InChI=1S/C32H42FN5O2/c1-31(2,3)40-30(39)35-29-14-8-13-28(29)32(23-38-20-17-34-36-38,26-11-7-12-27(33)21-26)25-15-18-37(19-16-25)22-24-9-5-4-6-10-24/h4-7,9-12,17,20-21,25,28-29H,8,13-16,18-19,22-23H2,1-3H3,(H,35,39)/t28-,29-,32-/m0/s1. The fourth-order valence-electron chi connectivity index (χ4n) is 7.11. The van der Waals surface area contributed by atoms with Crippen molar-refractivity contribution < 1.29 is 13.9 Å². The van der Waals surface area contributed by atoms with Gasteiger partial charge in [-0.05, 0) is 94.6 Å². The second-order valence-electron chi connectivity index (χ2n) is 12.5. The first-order valence-electron chi connectivity index (χ1n) is 14.6. The van der Waals surface area contributed by atoms with Crippen LogP contribution in [-0.2, 0) is 23.2 Å². The fourth-order valence-corrected chi connectivity index (χ4v) is 7.11. The lowest BCUT2D eigenvalue weighted by molar-refractivity contribution is 0.0368. The Morgan fingerprint density at radius 1 is 1.05 bits per heavy atom. The van der Waals surface area contributed by atoms with Crippen LogP contribution in [0.2, 0.25) is 0 Å². The smallest absolute Gasteiger partial charge is 0.407 e. The van der Waals surface area contributed by atoms with Crippen molar-refractivity contribution in [2.24, 2.45) is 11.8 Å². The number of amides is 1. The highest BCUT2D eigenvalue weighted by Crippen LogP contribution is 2.51. The van der Waals surface area contributed by atoms with Crippen LogP contribution in [0.1, 0.15) is 64.0 Å². The zero-order valence-electron chi connectivity index (χ0n) is 23.9. The molecular weight excluding hydrogens is 505 g/mol. The average Bonchev–Trinajstić information content (AvgIpc) is 3.60. The number of alkyl carbamates (subject to hydrolysis) is 1. The maximum Gasteiger partial charge on any atom is 0.407 e. The number of halogens is 1. The number of carbonyl (C=O) groups excluding carboxylic acids is 1. The van der Waals surface area contributed by atoms with Crippen molar-refractivity contribution >= 4 is 6.09 Å². The van der Waals surface area contributed by atoms with Gasteiger partial charge in [-0.25, -0.2) is 9.18 Å². The Labute approximate surface area is 237 Å². The number of likely N-dealkylation sites (tertiary alicyclic amines) is 1. The molecular formula is C32H42FN5O2. The maximum atomic E-state index is 14.9. The summed E-state index contributed by atoms with van der Waals surface area (Å²) >= 11 is 0. The van der Waals surface area contributed by atoms with Crippen molar-refractivity contribution in [2.45, 2.75) is 83.0 Å². The molecule has 0 radical (unpaired) electrons. The van der Waals surface area contributed by atoms with E-state index in [0.717, 1.165) is 57.3 Å². The van der Waals surface area contributed by atoms with Crippen molar-refractivity contribution in [1.82, 2.24) is 25.2 Å². The summed E-state index contributed by atoms with van der Waals surface area (Å²) in [6.07, 6.45) is 7.96. The zero-order valence-corrected chi connectivity index (χ0v) is 23.9. The summed E-state index contributed by atoms with van der Waals surface area (Å²) in [4.78, 5) is 15.5. The Kier molecular flexibility index (Phi) is 8.54. The molecule has 1 N–H and O–H groups in total. The normalized spacial score (nSPS) is 22.1. The predicted octanol–water partition coefficient (Wildman–Crippen LogP) is 5.96. The number of piperidine rings is 1. The minimum absolute atomic E-state index is 0.0796. The first-order chi connectivity index (χ1) is 19.2. The van der Waals surface area contributed by atoms with Crippen LogP contribution in [0.5, 0.6) is 0 Å². The van der Waals surface area contributed by atoms with Crippen molar-refractivity contribution in [2.75, 3.05) is 13.1 Å². The van der Waals surface area contributed by atoms with Gasteiger partial charge >= 0.3 is 6.09 Å². The molecule has 2 heterocycles. The molecule has 3 atom stereocenters. The summed E-state index contributed by atoms with van der Waals surface area (Å²) < 4.78 is 22.5. The number of rotatable bonds is 8.